The summed E-state index contributed by atoms with van der Waals surface area (Å²) >= 11 is 0. The van der Waals surface area contributed by atoms with Crippen LogP contribution < -0.4 is 0 Å². The third-order valence-electron chi connectivity index (χ3n) is 2.76. The number of aryl methyl sites for hydroxylation is 1. The molecular weight excluding hydrogens is 186 g/mol. The maximum absolute atomic E-state index is 4.61. The number of hydrogen-bond acceptors (Lipinski definition) is 3. The molecule has 2 rings (SSSR count). The first-order chi connectivity index (χ1) is 6.88. The number of hydrogen-bond donors (Lipinski definition) is 0. The molecular formula is C12H19N3. The zero-order chi connectivity index (χ0) is 11.2. The predicted octanol–water partition coefficient (Wildman–Crippen LogP) is 2.03. The van der Waals surface area contributed by atoms with E-state index in [-0.39, 0.29) is 5.41 Å². The van der Waals surface area contributed by atoms with Gasteiger partial charge in [-0.25, -0.2) is 9.97 Å². The molecule has 0 aromatic carbocycles. The van der Waals surface area contributed by atoms with E-state index in [2.05, 4.69) is 42.7 Å². The standard InChI is InChI=1S/C12H19N3/c1-8-13-10-7-15(5)6-9(10)11(14-8)12(2,3)4/h6-7H2,1-5H3. The first-order valence-corrected chi connectivity index (χ1v) is 5.43. The van der Waals surface area contributed by atoms with E-state index in [1.165, 1.54) is 17.0 Å². The maximum atomic E-state index is 4.61. The second kappa shape index (κ2) is 3.27. The van der Waals surface area contributed by atoms with Crippen LogP contribution in [0.3, 0.4) is 0 Å². The van der Waals surface area contributed by atoms with Crippen molar-refractivity contribution in [2.75, 3.05) is 7.05 Å². The predicted molar refractivity (Wildman–Crippen MR) is 60.6 cm³/mol. The largest absolute Gasteiger partial charge is 0.296 e. The topological polar surface area (TPSA) is 29.0 Å². The van der Waals surface area contributed by atoms with Gasteiger partial charge in [-0.05, 0) is 14.0 Å². The molecule has 3 heteroatoms. The second-order valence-electron chi connectivity index (χ2n) is 5.47. The van der Waals surface area contributed by atoms with Gasteiger partial charge in [-0.1, -0.05) is 20.8 Å². The molecule has 1 aliphatic rings. The van der Waals surface area contributed by atoms with Crippen LogP contribution in [-0.2, 0) is 18.5 Å². The Hall–Kier alpha value is -0.960. The van der Waals surface area contributed by atoms with Crippen molar-refractivity contribution in [2.45, 2.75) is 46.2 Å². The molecule has 2 heterocycles. The summed E-state index contributed by atoms with van der Waals surface area (Å²) in [5, 5.41) is 0. The van der Waals surface area contributed by atoms with Crippen LogP contribution in [0.4, 0.5) is 0 Å². The van der Waals surface area contributed by atoms with Crippen molar-refractivity contribution in [2.24, 2.45) is 0 Å². The molecule has 0 saturated heterocycles. The first kappa shape index (κ1) is 10.6. The molecule has 1 aliphatic heterocycles. The highest BCUT2D eigenvalue weighted by Crippen LogP contribution is 2.30. The molecule has 1 aromatic rings. The Balaban J connectivity index is 2.57. The van der Waals surface area contributed by atoms with Crippen LogP contribution in [0.5, 0.6) is 0 Å². The van der Waals surface area contributed by atoms with E-state index in [1.54, 1.807) is 0 Å². The second-order valence-corrected chi connectivity index (χ2v) is 5.47. The molecule has 15 heavy (non-hydrogen) atoms. The van der Waals surface area contributed by atoms with Gasteiger partial charge in [0.15, 0.2) is 0 Å². The molecule has 1 aromatic heterocycles. The molecule has 0 spiro atoms. The van der Waals surface area contributed by atoms with Crippen molar-refractivity contribution in [3.05, 3.63) is 22.8 Å². The van der Waals surface area contributed by atoms with Crippen LogP contribution in [0, 0.1) is 6.92 Å². The summed E-state index contributed by atoms with van der Waals surface area (Å²) in [4.78, 5) is 11.4. The highest BCUT2D eigenvalue weighted by Gasteiger charge is 2.27. The molecule has 0 radical (unpaired) electrons. The zero-order valence-electron chi connectivity index (χ0n) is 10.3. The summed E-state index contributed by atoms with van der Waals surface area (Å²) in [7, 11) is 2.13. The molecule has 0 saturated carbocycles. The summed E-state index contributed by atoms with van der Waals surface area (Å²) in [6, 6.07) is 0. The fourth-order valence-corrected chi connectivity index (χ4v) is 2.15. The molecule has 3 nitrogen and oxygen atoms in total. The summed E-state index contributed by atoms with van der Waals surface area (Å²) in [6.07, 6.45) is 0. The molecule has 0 bridgehead atoms. The van der Waals surface area contributed by atoms with Crippen molar-refractivity contribution in [3.63, 3.8) is 0 Å². The van der Waals surface area contributed by atoms with Crippen LogP contribution in [0.15, 0.2) is 0 Å². The fraction of sp³-hybridized carbons (Fsp3) is 0.667. The monoisotopic (exact) mass is 205 g/mol. The van der Waals surface area contributed by atoms with Gasteiger partial charge in [0.1, 0.15) is 5.82 Å². The number of nitrogens with zero attached hydrogens (tertiary/aromatic N) is 3. The summed E-state index contributed by atoms with van der Waals surface area (Å²) < 4.78 is 0. The van der Waals surface area contributed by atoms with Gasteiger partial charge in [0, 0.05) is 24.1 Å². The van der Waals surface area contributed by atoms with Gasteiger partial charge in [0.2, 0.25) is 0 Å². The Morgan fingerprint density at radius 1 is 1.13 bits per heavy atom. The minimum Gasteiger partial charge on any atom is -0.296 e. The normalized spacial score (nSPS) is 16.9. The summed E-state index contributed by atoms with van der Waals surface area (Å²) in [5.41, 5.74) is 3.89. The van der Waals surface area contributed by atoms with Crippen LogP contribution in [0.25, 0.3) is 0 Å². The lowest BCUT2D eigenvalue weighted by Crippen LogP contribution is -2.18. The van der Waals surface area contributed by atoms with Crippen LogP contribution in [0.1, 0.15) is 43.5 Å². The average Bonchev–Trinajstić information content (AvgIpc) is 2.41. The smallest absolute Gasteiger partial charge is 0.125 e. The van der Waals surface area contributed by atoms with Gasteiger partial charge in [-0.3, -0.25) is 4.90 Å². The van der Waals surface area contributed by atoms with E-state index in [9.17, 15) is 0 Å². The lowest BCUT2D eigenvalue weighted by atomic mass is 9.88. The van der Waals surface area contributed by atoms with E-state index < -0.39 is 0 Å². The third kappa shape index (κ3) is 1.88. The van der Waals surface area contributed by atoms with Gasteiger partial charge in [-0.15, -0.1) is 0 Å². The lowest BCUT2D eigenvalue weighted by Gasteiger charge is -2.21. The fourth-order valence-electron chi connectivity index (χ4n) is 2.15. The van der Waals surface area contributed by atoms with Crippen molar-refractivity contribution in [3.8, 4) is 0 Å². The van der Waals surface area contributed by atoms with Crippen molar-refractivity contribution < 1.29 is 0 Å². The Labute approximate surface area is 91.5 Å². The number of aromatic nitrogens is 2. The molecule has 0 aliphatic carbocycles. The molecule has 0 fully saturated rings. The highest BCUT2D eigenvalue weighted by atomic mass is 15.1. The molecule has 0 N–H and O–H groups in total. The van der Waals surface area contributed by atoms with E-state index in [1.807, 2.05) is 6.92 Å². The molecule has 0 amide bonds. The lowest BCUT2D eigenvalue weighted by molar-refractivity contribution is 0.349. The maximum Gasteiger partial charge on any atom is 0.125 e. The Morgan fingerprint density at radius 3 is 2.40 bits per heavy atom. The number of rotatable bonds is 0. The third-order valence-corrected chi connectivity index (χ3v) is 2.76. The van der Waals surface area contributed by atoms with Gasteiger partial charge in [0.05, 0.1) is 11.4 Å². The van der Waals surface area contributed by atoms with E-state index >= 15 is 0 Å². The van der Waals surface area contributed by atoms with E-state index in [4.69, 9.17) is 0 Å². The van der Waals surface area contributed by atoms with Crippen LogP contribution >= 0.6 is 0 Å². The Morgan fingerprint density at radius 2 is 1.80 bits per heavy atom. The van der Waals surface area contributed by atoms with Crippen molar-refractivity contribution in [1.82, 2.24) is 14.9 Å². The summed E-state index contributed by atoms with van der Waals surface area (Å²) in [6.45, 7) is 10.6. The average molecular weight is 205 g/mol. The molecule has 0 atom stereocenters. The van der Waals surface area contributed by atoms with Gasteiger partial charge < -0.3 is 0 Å². The SMILES string of the molecule is Cc1nc2c(c(C(C)(C)C)n1)CN(C)C2. The summed E-state index contributed by atoms with van der Waals surface area (Å²) in [5.74, 6) is 0.897. The quantitative estimate of drug-likeness (QED) is 0.649. The first-order valence-electron chi connectivity index (χ1n) is 5.43. The minimum atomic E-state index is 0.114. The van der Waals surface area contributed by atoms with E-state index in [0.717, 1.165) is 18.9 Å². The van der Waals surface area contributed by atoms with E-state index in [0.29, 0.717) is 0 Å². The highest BCUT2D eigenvalue weighted by molar-refractivity contribution is 5.33. The number of fused-ring (bicyclic) bond motifs is 1. The minimum absolute atomic E-state index is 0.114. The van der Waals surface area contributed by atoms with Gasteiger partial charge >= 0.3 is 0 Å². The van der Waals surface area contributed by atoms with Crippen molar-refractivity contribution >= 4 is 0 Å². The van der Waals surface area contributed by atoms with Gasteiger partial charge in [-0.2, -0.15) is 0 Å². The molecule has 82 valence electrons. The molecule has 0 unspecified atom stereocenters. The Bertz CT molecular complexity index is 391. The Kier molecular flexibility index (Phi) is 2.30. The van der Waals surface area contributed by atoms with Crippen molar-refractivity contribution in [1.29, 1.82) is 0 Å². The van der Waals surface area contributed by atoms with Crippen LogP contribution in [-0.4, -0.2) is 21.9 Å². The van der Waals surface area contributed by atoms with Crippen LogP contribution in [0.2, 0.25) is 0 Å². The van der Waals surface area contributed by atoms with Gasteiger partial charge in [0.25, 0.3) is 0 Å². The zero-order valence-corrected chi connectivity index (χ0v) is 10.3.